The molecular formula is C26H52O3. The largest absolute Gasteiger partial charge is 0.464 e. The van der Waals surface area contributed by atoms with Crippen molar-refractivity contribution in [1.82, 2.24) is 0 Å². The molecule has 3 heteroatoms. The van der Waals surface area contributed by atoms with Gasteiger partial charge < -0.3 is 9.84 Å². The van der Waals surface area contributed by atoms with Gasteiger partial charge in [0.2, 0.25) is 0 Å². The van der Waals surface area contributed by atoms with E-state index in [9.17, 15) is 9.90 Å². The highest BCUT2D eigenvalue weighted by Gasteiger charge is 2.15. The van der Waals surface area contributed by atoms with Gasteiger partial charge in [-0.05, 0) is 18.8 Å². The van der Waals surface area contributed by atoms with E-state index in [4.69, 9.17) is 4.74 Å². The number of carbonyl (C=O) groups is 1. The fourth-order valence-electron chi connectivity index (χ4n) is 3.75. The van der Waals surface area contributed by atoms with Crippen LogP contribution in [-0.4, -0.2) is 23.8 Å². The van der Waals surface area contributed by atoms with Gasteiger partial charge in [-0.25, -0.2) is 4.79 Å². The van der Waals surface area contributed by atoms with Gasteiger partial charge in [0.05, 0.1) is 6.61 Å². The number of unbranched alkanes of at least 4 members (excludes halogenated alkanes) is 15. The van der Waals surface area contributed by atoms with Crippen LogP contribution in [0.1, 0.15) is 143 Å². The van der Waals surface area contributed by atoms with Gasteiger partial charge in [-0.3, -0.25) is 0 Å². The third kappa shape index (κ3) is 21.9. The zero-order chi connectivity index (χ0) is 21.6. The van der Waals surface area contributed by atoms with Gasteiger partial charge in [0.25, 0.3) is 0 Å². The molecule has 0 spiro atoms. The first-order chi connectivity index (χ1) is 14.1. The SMILES string of the molecule is CCCCCCCCCCCCCCCCC(O)C(=O)OCCCCCC(C)C. The summed E-state index contributed by atoms with van der Waals surface area (Å²) in [5, 5.41) is 9.91. The predicted octanol–water partition coefficient (Wildman–Crippen LogP) is 7.98. The summed E-state index contributed by atoms with van der Waals surface area (Å²) in [6.45, 7) is 7.18. The van der Waals surface area contributed by atoms with Gasteiger partial charge in [0.15, 0.2) is 6.10 Å². The highest BCUT2D eigenvalue weighted by atomic mass is 16.5. The molecule has 0 fully saturated rings. The summed E-state index contributed by atoms with van der Waals surface area (Å²) in [7, 11) is 0. The molecule has 0 aromatic heterocycles. The molecule has 0 saturated carbocycles. The van der Waals surface area contributed by atoms with E-state index in [1.807, 2.05) is 0 Å². The van der Waals surface area contributed by atoms with Gasteiger partial charge in [0, 0.05) is 0 Å². The molecule has 0 radical (unpaired) electrons. The topological polar surface area (TPSA) is 46.5 Å². The Bertz CT molecular complexity index is 341. The van der Waals surface area contributed by atoms with Gasteiger partial charge in [-0.2, -0.15) is 0 Å². The van der Waals surface area contributed by atoms with Crippen molar-refractivity contribution in [2.45, 2.75) is 149 Å². The molecule has 1 N–H and O–H groups in total. The molecule has 29 heavy (non-hydrogen) atoms. The number of aliphatic hydroxyl groups is 1. The normalized spacial score (nSPS) is 12.4. The van der Waals surface area contributed by atoms with Crippen LogP contribution in [0.15, 0.2) is 0 Å². The molecule has 0 rings (SSSR count). The second-order valence-corrected chi connectivity index (χ2v) is 9.31. The van der Waals surface area contributed by atoms with Gasteiger partial charge >= 0.3 is 5.97 Å². The molecule has 0 aromatic carbocycles. The van der Waals surface area contributed by atoms with E-state index in [0.29, 0.717) is 13.0 Å². The quantitative estimate of drug-likeness (QED) is 0.145. The molecule has 0 amide bonds. The Balaban J connectivity index is 3.29. The van der Waals surface area contributed by atoms with Crippen LogP contribution in [0.5, 0.6) is 0 Å². The van der Waals surface area contributed by atoms with Crippen molar-refractivity contribution < 1.29 is 14.6 Å². The Hall–Kier alpha value is -0.570. The smallest absolute Gasteiger partial charge is 0.334 e. The summed E-state index contributed by atoms with van der Waals surface area (Å²) >= 11 is 0. The first kappa shape index (κ1) is 28.4. The Morgan fingerprint density at radius 3 is 1.55 bits per heavy atom. The molecule has 0 aliphatic carbocycles. The number of esters is 1. The first-order valence-corrected chi connectivity index (χ1v) is 12.9. The summed E-state index contributed by atoms with van der Waals surface area (Å²) in [5.41, 5.74) is 0. The van der Waals surface area contributed by atoms with Crippen LogP contribution >= 0.6 is 0 Å². The number of hydrogen-bond donors (Lipinski definition) is 1. The summed E-state index contributed by atoms with van der Waals surface area (Å²) in [5.74, 6) is 0.313. The molecule has 0 bridgehead atoms. The lowest BCUT2D eigenvalue weighted by molar-refractivity contribution is -0.154. The van der Waals surface area contributed by atoms with Crippen molar-refractivity contribution in [3.63, 3.8) is 0 Å². The highest BCUT2D eigenvalue weighted by Crippen LogP contribution is 2.14. The van der Waals surface area contributed by atoms with Crippen molar-refractivity contribution in [3.05, 3.63) is 0 Å². The maximum Gasteiger partial charge on any atom is 0.334 e. The van der Waals surface area contributed by atoms with Crippen molar-refractivity contribution in [1.29, 1.82) is 0 Å². The second-order valence-electron chi connectivity index (χ2n) is 9.31. The first-order valence-electron chi connectivity index (χ1n) is 12.9. The molecule has 0 aliphatic heterocycles. The lowest BCUT2D eigenvalue weighted by Gasteiger charge is -2.11. The number of aliphatic hydroxyl groups excluding tert-OH is 1. The summed E-state index contributed by atoms with van der Waals surface area (Å²) < 4.78 is 5.19. The maximum atomic E-state index is 11.8. The lowest BCUT2D eigenvalue weighted by atomic mass is 10.0. The Kier molecular flexibility index (Phi) is 21.7. The number of rotatable bonds is 22. The Labute approximate surface area is 182 Å². The van der Waals surface area contributed by atoms with Crippen LogP contribution in [0.25, 0.3) is 0 Å². The average Bonchev–Trinajstić information content (AvgIpc) is 2.70. The van der Waals surface area contributed by atoms with E-state index in [0.717, 1.165) is 31.6 Å². The molecule has 0 heterocycles. The molecule has 1 atom stereocenters. The number of carbonyl (C=O) groups excluding carboxylic acids is 1. The van der Waals surface area contributed by atoms with Crippen molar-refractivity contribution in [2.24, 2.45) is 5.92 Å². The van der Waals surface area contributed by atoms with Crippen LogP contribution in [0.3, 0.4) is 0 Å². The highest BCUT2D eigenvalue weighted by molar-refractivity contribution is 5.74. The minimum absolute atomic E-state index is 0.427. The molecular weight excluding hydrogens is 360 g/mol. The summed E-state index contributed by atoms with van der Waals surface area (Å²) in [6, 6.07) is 0. The van der Waals surface area contributed by atoms with Gasteiger partial charge in [-0.1, -0.05) is 130 Å². The Morgan fingerprint density at radius 2 is 1.07 bits per heavy atom. The van der Waals surface area contributed by atoms with Crippen LogP contribution < -0.4 is 0 Å². The van der Waals surface area contributed by atoms with E-state index >= 15 is 0 Å². The van der Waals surface area contributed by atoms with Crippen molar-refractivity contribution >= 4 is 5.97 Å². The number of hydrogen-bond acceptors (Lipinski definition) is 3. The molecule has 0 aliphatic rings. The van der Waals surface area contributed by atoms with Crippen LogP contribution in [0, 0.1) is 5.92 Å². The minimum atomic E-state index is -0.928. The fourth-order valence-corrected chi connectivity index (χ4v) is 3.75. The second kappa shape index (κ2) is 22.1. The molecule has 3 nitrogen and oxygen atoms in total. The molecule has 1 unspecified atom stereocenters. The van der Waals surface area contributed by atoms with Gasteiger partial charge in [-0.15, -0.1) is 0 Å². The predicted molar refractivity (Wildman–Crippen MR) is 125 cm³/mol. The van der Waals surface area contributed by atoms with E-state index < -0.39 is 12.1 Å². The summed E-state index contributed by atoms with van der Waals surface area (Å²) in [4.78, 5) is 11.8. The molecule has 174 valence electrons. The third-order valence-corrected chi connectivity index (χ3v) is 5.77. The minimum Gasteiger partial charge on any atom is -0.464 e. The van der Waals surface area contributed by atoms with E-state index in [2.05, 4.69) is 20.8 Å². The standard InChI is InChI=1S/C26H52O3/c1-4-5-6-7-8-9-10-11-12-13-14-15-16-19-22-25(27)26(28)29-23-20-17-18-21-24(2)3/h24-25,27H,4-23H2,1-3H3. The zero-order valence-electron chi connectivity index (χ0n) is 20.1. The zero-order valence-corrected chi connectivity index (χ0v) is 20.1. The fraction of sp³-hybridized carbons (Fsp3) is 0.962. The average molecular weight is 413 g/mol. The van der Waals surface area contributed by atoms with Crippen LogP contribution in [0.2, 0.25) is 0 Å². The van der Waals surface area contributed by atoms with Crippen molar-refractivity contribution in [2.75, 3.05) is 6.61 Å². The summed E-state index contributed by atoms with van der Waals surface area (Å²) in [6.07, 6.45) is 22.5. The molecule has 0 saturated heterocycles. The number of ether oxygens (including phenoxy) is 1. The van der Waals surface area contributed by atoms with Crippen LogP contribution in [-0.2, 0) is 9.53 Å². The maximum absolute atomic E-state index is 11.8. The lowest BCUT2D eigenvalue weighted by Crippen LogP contribution is -2.23. The molecule has 0 aromatic rings. The Morgan fingerprint density at radius 1 is 0.655 bits per heavy atom. The van der Waals surface area contributed by atoms with Crippen molar-refractivity contribution in [3.8, 4) is 0 Å². The van der Waals surface area contributed by atoms with Gasteiger partial charge in [0.1, 0.15) is 0 Å². The monoisotopic (exact) mass is 412 g/mol. The van der Waals surface area contributed by atoms with E-state index in [1.165, 1.54) is 89.9 Å². The third-order valence-electron chi connectivity index (χ3n) is 5.77. The van der Waals surface area contributed by atoms with Crippen LogP contribution in [0.4, 0.5) is 0 Å². The van der Waals surface area contributed by atoms with E-state index in [-0.39, 0.29) is 0 Å². The van der Waals surface area contributed by atoms with E-state index in [1.54, 1.807) is 0 Å².